The highest BCUT2D eigenvalue weighted by Crippen LogP contribution is 2.32. The standard InChI is InChI=1S/C12H12BrF2NO2/c1-17-3-2-16-5-7-6-18-12-10(7)8(13)4-9(14)11(12)15/h4,6,16H,2-3,5H2,1H3. The largest absolute Gasteiger partial charge is 0.461 e. The molecule has 98 valence electrons. The zero-order chi connectivity index (χ0) is 13.1. The van der Waals surface area contributed by atoms with Crippen LogP contribution in [-0.2, 0) is 11.3 Å². The molecule has 0 spiro atoms. The second-order valence-corrected chi connectivity index (χ2v) is 4.64. The maximum absolute atomic E-state index is 13.5. The van der Waals surface area contributed by atoms with Crippen LogP contribution in [0.25, 0.3) is 11.0 Å². The van der Waals surface area contributed by atoms with E-state index in [1.54, 1.807) is 7.11 Å². The van der Waals surface area contributed by atoms with Crippen molar-refractivity contribution in [1.82, 2.24) is 5.32 Å². The topological polar surface area (TPSA) is 34.4 Å². The molecule has 0 unspecified atom stereocenters. The number of rotatable bonds is 5. The number of halogens is 3. The molecule has 2 aromatic rings. The number of hydrogen-bond acceptors (Lipinski definition) is 3. The Hall–Kier alpha value is -0.980. The minimum absolute atomic E-state index is 0.0644. The molecule has 0 aliphatic carbocycles. The lowest BCUT2D eigenvalue weighted by atomic mass is 10.1. The molecule has 0 saturated carbocycles. The highest BCUT2D eigenvalue weighted by atomic mass is 79.9. The Bertz CT molecular complexity index is 556. The molecular weight excluding hydrogens is 308 g/mol. The van der Waals surface area contributed by atoms with Crippen LogP contribution in [0.3, 0.4) is 0 Å². The minimum atomic E-state index is -0.962. The van der Waals surface area contributed by atoms with Crippen LogP contribution in [0.4, 0.5) is 8.78 Å². The molecule has 2 rings (SSSR count). The molecule has 3 nitrogen and oxygen atoms in total. The van der Waals surface area contributed by atoms with Crippen LogP contribution in [0.15, 0.2) is 21.2 Å². The zero-order valence-corrected chi connectivity index (χ0v) is 11.3. The second kappa shape index (κ2) is 5.77. The fourth-order valence-corrected chi connectivity index (χ4v) is 2.34. The fraction of sp³-hybridized carbons (Fsp3) is 0.333. The average Bonchev–Trinajstić information content (AvgIpc) is 2.76. The van der Waals surface area contributed by atoms with Gasteiger partial charge >= 0.3 is 0 Å². The van der Waals surface area contributed by atoms with E-state index in [2.05, 4.69) is 21.2 Å². The number of nitrogens with one attached hydrogen (secondary N) is 1. The summed E-state index contributed by atoms with van der Waals surface area (Å²) in [4.78, 5) is 0. The monoisotopic (exact) mass is 319 g/mol. The molecule has 0 fully saturated rings. The first kappa shape index (κ1) is 13.5. The zero-order valence-electron chi connectivity index (χ0n) is 9.73. The van der Waals surface area contributed by atoms with Gasteiger partial charge in [0.25, 0.3) is 0 Å². The number of fused-ring (bicyclic) bond motifs is 1. The summed E-state index contributed by atoms with van der Waals surface area (Å²) in [5, 5.41) is 3.67. The Morgan fingerprint density at radius 3 is 2.94 bits per heavy atom. The van der Waals surface area contributed by atoms with Crippen LogP contribution in [0.1, 0.15) is 5.56 Å². The van der Waals surface area contributed by atoms with E-state index < -0.39 is 11.6 Å². The van der Waals surface area contributed by atoms with Gasteiger partial charge in [-0.15, -0.1) is 0 Å². The Kier molecular flexibility index (Phi) is 4.31. The van der Waals surface area contributed by atoms with E-state index in [4.69, 9.17) is 9.15 Å². The first-order valence-corrected chi connectivity index (χ1v) is 6.17. The van der Waals surface area contributed by atoms with Gasteiger partial charge in [0, 0.05) is 35.6 Å². The molecular formula is C12H12BrF2NO2. The van der Waals surface area contributed by atoms with Crippen LogP contribution in [0.2, 0.25) is 0 Å². The Labute approximate surface area is 111 Å². The van der Waals surface area contributed by atoms with Gasteiger partial charge < -0.3 is 14.5 Å². The highest BCUT2D eigenvalue weighted by molar-refractivity contribution is 9.10. The van der Waals surface area contributed by atoms with E-state index in [1.165, 1.54) is 6.26 Å². The minimum Gasteiger partial charge on any atom is -0.461 e. The van der Waals surface area contributed by atoms with Gasteiger partial charge in [-0.2, -0.15) is 4.39 Å². The van der Waals surface area contributed by atoms with Crippen molar-refractivity contribution in [2.24, 2.45) is 0 Å². The molecule has 18 heavy (non-hydrogen) atoms. The number of furan rings is 1. The smallest absolute Gasteiger partial charge is 0.201 e. The quantitative estimate of drug-likeness (QED) is 0.679. The predicted octanol–water partition coefficient (Wildman–Crippen LogP) is 3.21. The van der Waals surface area contributed by atoms with Crippen molar-refractivity contribution in [3.8, 4) is 0 Å². The summed E-state index contributed by atoms with van der Waals surface area (Å²) in [7, 11) is 1.61. The number of methoxy groups -OCH3 is 1. The van der Waals surface area contributed by atoms with Crippen molar-refractivity contribution in [3.05, 3.63) is 34.0 Å². The lowest BCUT2D eigenvalue weighted by Crippen LogP contribution is -2.18. The molecule has 0 atom stereocenters. The lowest BCUT2D eigenvalue weighted by molar-refractivity contribution is 0.199. The number of hydrogen-bond donors (Lipinski definition) is 1. The third kappa shape index (κ3) is 2.55. The highest BCUT2D eigenvalue weighted by Gasteiger charge is 2.17. The van der Waals surface area contributed by atoms with Gasteiger partial charge in [0.15, 0.2) is 11.4 Å². The SMILES string of the molecule is COCCNCc1coc2c(F)c(F)cc(Br)c12. The van der Waals surface area contributed by atoms with Crippen molar-refractivity contribution < 1.29 is 17.9 Å². The van der Waals surface area contributed by atoms with Crippen LogP contribution in [0.5, 0.6) is 0 Å². The van der Waals surface area contributed by atoms with Crippen molar-refractivity contribution in [1.29, 1.82) is 0 Å². The van der Waals surface area contributed by atoms with E-state index >= 15 is 0 Å². The molecule has 1 N–H and O–H groups in total. The van der Waals surface area contributed by atoms with Crippen molar-refractivity contribution in [3.63, 3.8) is 0 Å². The van der Waals surface area contributed by atoms with Gasteiger partial charge in [0.2, 0.25) is 5.82 Å². The fourth-order valence-electron chi connectivity index (χ4n) is 1.70. The van der Waals surface area contributed by atoms with Gasteiger partial charge in [-0.3, -0.25) is 0 Å². The van der Waals surface area contributed by atoms with Crippen molar-refractivity contribution in [2.75, 3.05) is 20.3 Å². The Morgan fingerprint density at radius 2 is 2.22 bits per heavy atom. The summed E-state index contributed by atoms with van der Waals surface area (Å²) in [6.07, 6.45) is 1.43. The van der Waals surface area contributed by atoms with Crippen molar-refractivity contribution in [2.45, 2.75) is 6.54 Å². The van der Waals surface area contributed by atoms with E-state index in [-0.39, 0.29) is 5.58 Å². The summed E-state index contributed by atoms with van der Waals surface area (Å²) in [5.41, 5.74) is 0.706. The van der Waals surface area contributed by atoms with Gasteiger partial charge in [-0.1, -0.05) is 0 Å². The third-order valence-electron chi connectivity index (χ3n) is 2.57. The van der Waals surface area contributed by atoms with Gasteiger partial charge in [-0.25, -0.2) is 4.39 Å². The summed E-state index contributed by atoms with van der Waals surface area (Å²) in [6, 6.07) is 1.10. The normalized spacial score (nSPS) is 11.3. The summed E-state index contributed by atoms with van der Waals surface area (Å²) < 4.78 is 37.1. The number of ether oxygens (including phenoxy) is 1. The lowest BCUT2D eigenvalue weighted by Gasteiger charge is -2.03. The van der Waals surface area contributed by atoms with Crippen LogP contribution in [0, 0.1) is 11.6 Å². The predicted molar refractivity (Wildman–Crippen MR) is 67.4 cm³/mol. The maximum atomic E-state index is 13.5. The molecule has 1 aromatic carbocycles. The Morgan fingerprint density at radius 1 is 1.44 bits per heavy atom. The maximum Gasteiger partial charge on any atom is 0.201 e. The van der Waals surface area contributed by atoms with E-state index in [0.29, 0.717) is 29.6 Å². The molecule has 1 aromatic heterocycles. The molecule has 0 bridgehead atoms. The number of benzene rings is 1. The molecule has 0 radical (unpaired) electrons. The molecule has 6 heteroatoms. The summed E-state index contributed by atoms with van der Waals surface area (Å²) in [5.74, 6) is -1.89. The molecule has 0 amide bonds. The molecule has 1 heterocycles. The van der Waals surface area contributed by atoms with Crippen LogP contribution >= 0.6 is 15.9 Å². The van der Waals surface area contributed by atoms with Crippen LogP contribution < -0.4 is 5.32 Å². The Balaban J connectivity index is 2.27. The van der Waals surface area contributed by atoms with E-state index in [9.17, 15) is 8.78 Å². The molecule has 0 aliphatic rings. The van der Waals surface area contributed by atoms with Crippen molar-refractivity contribution >= 4 is 26.9 Å². The summed E-state index contributed by atoms with van der Waals surface area (Å²) >= 11 is 3.22. The van der Waals surface area contributed by atoms with Gasteiger partial charge in [0.1, 0.15) is 0 Å². The van der Waals surface area contributed by atoms with E-state index in [1.807, 2.05) is 0 Å². The summed E-state index contributed by atoms with van der Waals surface area (Å²) in [6.45, 7) is 1.75. The van der Waals surface area contributed by atoms with E-state index in [0.717, 1.165) is 11.6 Å². The average molecular weight is 320 g/mol. The van der Waals surface area contributed by atoms with Gasteiger partial charge in [-0.05, 0) is 22.0 Å². The second-order valence-electron chi connectivity index (χ2n) is 3.79. The first-order chi connectivity index (χ1) is 8.65. The first-order valence-electron chi connectivity index (χ1n) is 5.38. The van der Waals surface area contributed by atoms with Crippen LogP contribution in [-0.4, -0.2) is 20.3 Å². The van der Waals surface area contributed by atoms with Gasteiger partial charge in [0.05, 0.1) is 12.9 Å². The third-order valence-corrected chi connectivity index (χ3v) is 3.19. The molecule has 0 aliphatic heterocycles. The molecule has 0 saturated heterocycles.